The third-order valence-electron chi connectivity index (χ3n) is 2.86. The molecule has 0 spiro atoms. The van der Waals surface area contributed by atoms with Gasteiger partial charge in [0.2, 0.25) is 0 Å². The van der Waals surface area contributed by atoms with Crippen LogP contribution in [0.2, 0.25) is 10.6 Å². The molecule has 0 amide bonds. The summed E-state index contributed by atoms with van der Waals surface area (Å²) in [7, 11) is 0. The maximum absolute atomic E-state index is 11.4. The second-order valence-corrected chi connectivity index (χ2v) is 7.24. The molecule has 23 heavy (non-hydrogen) atoms. The van der Waals surface area contributed by atoms with E-state index in [1.165, 1.54) is 27.7 Å². The molecular weight excluding hydrogens is 375 g/mol. The summed E-state index contributed by atoms with van der Waals surface area (Å²) in [5, 5.41) is 0.917. The fourth-order valence-corrected chi connectivity index (χ4v) is 4.55. The van der Waals surface area contributed by atoms with E-state index in [2.05, 4.69) is 0 Å². The second-order valence-electron chi connectivity index (χ2n) is 4.98. The molecule has 0 unspecified atom stereocenters. The third-order valence-corrected chi connectivity index (χ3v) is 5.23. The number of hydrogen-bond acceptors (Lipinski definition) is 8. The molecule has 1 aliphatic heterocycles. The van der Waals surface area contributed by atoms with Gasteiger partial charge in [-0.15, -0.1) is 0 Å². The zero-order chi connectivity index (χ0) is 17.6. The molecule has 0 radical (unpaired) electrons. The number of hydrogen-bond donors (Lipinski definition) is 0. The number of ether oxygens (including phenoxy) is 4. The van der Waals surface area contributed by atoms with Crippen LogP contribution in [0.5, 0.6) is 0 Å². The quantitative estimate of drug-likeness (QED) is 0.380. The van der Waals surface area contributed by atoms with Crippen molar-refractivity contribution in [2.75, 3.05) is 0 Å². The predicted molar refractivity (Wildman–Crippen MR) is 77.6 cm³/mol. The normalized spacial score (nSPS) is 27.3. The van der Waals surface area contributed by atoms with Gasteiger partial charge in [0, 0.05) is 0 Å². The van der Waals surface area contributed by atoms with Gasteiger partial charge >= 0.3 is 140 Å². The average molecular weight is 395 g/mol. The molecular formula is C14H20O8Se. The molecule has 0 aliphatic carbocycles. The molecule has 1 saturated heterocycles. The van der Waals surface area contributed by atoms with Crippen LogP contribution in [-0.2, 0) is 38.1 Å². The van der Waals surface area contributed by atoms with Crippen molar-refractivity contribution in [3.8, 4) is 0 Å². The van der Waals surface area contributed by atoms with E-state index < -0.39 is 48.3 Å². The predicted octanol–water partition coefficient (Wildman–Crippen LogP) is 0.268. The van der Waals surface area contributed by atoms with Crippen LogP contribution in [0.15, 0.2) is 0 Å². The number of carbonyl (C=O) groups excluding carboxylic acids is 4. The van der Waals surface area contributed by atoms with Crippen molar-refractivity contribution in [1.82, 2.24) is 0 Å². The number of esters is 4. The monoisotopic (exact) mass is 396 g/mol. The summed E-state index contributed by atoms with van der Waals surface area (Å²) in [5.74, 6) is -2.29. The molecule has 1 rings (SSSR count). The first kappa shape index (κ1) is 19.4. The Bertz CT molecular complexity index is 435. The van der Waals surface area contributed by atoms with E-state index in [9.17, 15) is 19.2 Å². The van der Waals surface area contributed by atoms with Crippen molar-refractivity contribution < 1.29 is 38.1 Å². The Hall–Kier alpha value is -1.60. The summed E-state index contributed by atoms with van der Waals surface area (Å²) in [6.07, 6.45) is -3.54. The van der Waals surface area contributed by atoms with Crippen LogP contribution in [-0.4, -0.2) is 63.2 Å². The summed E-state index contributed by atoms with van der Waals surface area (Å²) in [5.41, 5.74) is 0. The van der Waals surface area contributed by atoms with Gasteiger partial charge in [-0.3, -0.25) is 0 Å². The van der Waals surface area contributed by atoms with Gasteiger partial charge in [0.1, 0.15) is 0 Å². The van der Waals surface area contributed by atoms with Crippen LogP contribution in [0, 0.1) is 0 Å². The Morgan fingerprint density at radius 2 is 0.957 bits per heavy atom. The first-order chi connectivity index (χ1) is 10.7. The molecule has 9 heteroatoms. The SMILES string of the molecule is CC(=O)O[C@H]1[C@H](OC(C)=O)[C@H](OC(C)=O)C[Se]C[C@H]1OC(C)=O. The van der Waals surface area contributed by atoms with E-state index in [1.807, 2.05) is 0 Å². The van der Waals surface area contributed by atoms with Crippen LogP contribution in [0.1, 0.15) is 27.7 Å². The summed E-state index contributed by atoms with van der Waals surface area (Å²) in [4.78, 5) is 45.4. The van der Waals surface area contributed by atoms with E-state index in [0.717, 1.165) is 0 Å². The fourth-order valence-electron chi connectivity index (χ4n) is 2.21. The molecule has 8 nitrogen and oxygen atoms in total. The zero-order valence-electron chi connectivity index (χ0n) is 13.4. The molecule has 0 aromatic heterocycles. The van der Waals surface area contributed by atoms with Crippen LogP contribution in [0.25, 0.3) is 0 Å². The molecule has 0 saturated carbocycles. The van der Waals surface area contributed by atoms with Gasteiger partial charge in [-0.2, -0.15) is 0 Å². The molecule has 1 heterocycles. The molecule has 1 fully saturated rings. The second kappa shape index (κ2) is 8.88. The van der Waals surface area contributed by atoms with Gasteiger partial charge < -0.3 is 0 Å². The minimum atomic E-state index is -1.02. The van der Waals surface area contributed by atoms with Crippen LogP contribution in [0.4, 0.5) is 0 Å². The van der Waals surface area contributed by atoms with E-state index in [-0.39, 0.29) is 15.0 Å². The molecule has 4 atom stereocenters. The third kappa shape index (κ3) is 6.58. The van der Waals surface area contributed by atoms with E-state index in [4.69, 9.17) is 18.9 Å². The maximum atomic E-state index is 11.4. The Morgan fingerprint density at radius 3 is 1.22 bits per heavy atom. The van der Waals surface area contributed by atoms with Gasteiger partial charge in [-0.1, -0.05) is 0 Å². The molecule has 1 aliphatic rings. The Balaban J connectivity index is 3.13. The fraction of sp³-hybridized carbons (Fsp3) is 0.714. The van der Waals surface area contributed by atoms with Gasteiger partial charge in [0.15, 0.2) is 0 Å². The van der Waals surface area contributed by atoms with Crippen molar-refractivity contribution in [1.29, 1.82) is 0 Å². The number of carbonyl (C=O) groups is 4. The van der Waals surface area contributed by atoms with Gasteiger partial charge in [0.25, 0.3) is 0 Å². The van der Waals surface area contributed by atoms with E-state index in [0.29, 0.717) is 10.6 Å². The molecule has 0 N–H and O–H groups in total. The van der Waals surface area contributed by atoms with Crippen molar-refractivity contribution in [2.45, 2.75) is 62.7 Å². The van der Waals surface area contributed by atoms with Crippen molar-refractivity contribution in [3.05, 3.63) is 0 Å². The van der Waals surface area contributed by atoms with E-state index in [1.54, 1.807) is 0 Å². The van der Waals surface area contributed by atoms with Crippen molar-refractivity contribution in [3.63, 3.8) is 0 Å². The summed E-state index contributed by atoms with van der Waals surface area (Å²) in [6.45, 7) is 4.89. The Morgan fingerprint density at radius 1 is 0.652 bits per heavy atom. The summed E-state index contributed by atoms with van der Waals surface area (Å²) < 4.78 is 20.9. The van der Waals surface area contributed by atoms with E-state index >= 15 is 0 Å². The Labute approximate surface area is 140 Å². The average Bonchev–Trinajstić information content (AvgIpc) is 2.51. The summed E-state index contributed by atoms with van der Waals surface area (Å²) >= 11 is -0.0481. The first-order valence-electron chi connectivity index (χ1n) is 6.97. The van der Waals surface area contributed by atoms with Crippen molar-refractivity contribution >= 4 is 38.8 Å². The summed E-state index contributed by atoms with van der Waals surface area (Å²) in [6, 6.07) is 0. The van der Waals surface area contributed by atoms with Gasteiger partial charge in [0.05, 0.1) is 0 Å². The molecule has 130 valence electrons. The van der Waals surface area contributed by atoms with Gasteiger partial charge in [-0.05, 0) is 0 Å². The van der Waals surface area contributed by atoms with Crippen LogP contribution in [0.3, 0.4) is 0 Å². The van der Waals surface area contributed by atoms with Gasteiger partial charge in [-0.25, -0.2) is 0 Å². The van der Waals surface area contributed by atoms with Crippen molar-refractivity contribution in [2.24, 2.45) is 0 Å². The number of rotatable bonds is 4. The molecule has 0 aromatic carbocycles. The molecule has 0 bridgehead atoms. The topological polar surface area (TPSA) is 105 Å². The van der Waals surface area contributed by atoms with Crippen LogP contribution < -0.4 is 0 Å². The Kier molecular flexibility index (Phi) is 7.51. The first-order valence-corrected chi connectivity index (χ1v) is 9.39. The minimum absolute atomic E-state index is 0.0481. The van der Waals surface area contributed by atoms with Crippen LogP contribution >= 0.6 is 0 Å². The standard InChI is InChI=1S/C14H20O8Se/c1-7(15)19-11-5-23-6-12(20-8(2)16)14(22-10(4)18)13(11)21-9(3)17/h11-14H,5-6H2,1-4H3/t11-,12-,13-,14-/m1/s1. The molecule has 0 aromatic rings. The zero-order valence-corrected chi connectivity index (χ0v) is 15.1.